The first-order valence-corrected chi connectivity index (χ1v) is 19.1. The summed E-state index contributed by atoms with van der Waals surface area (Å²) in [5.74, 6) is 0. The van der Waals surface area contributed by atoms with E-state index in [4.69, 9.17) is 0 Å². The molecule has 1 heteroatoms. The SMILES string of the molecule is CC1(C)c2cc(-c3ccc4c5ccccc5n(-c5ccc(-c6ccccc6)cc5)c4c3)ccc2-c2cc3c(cc21)-c1ccccc1C31CCCCC1. The zero-order valence-corrected chi connectivity index (χ0v) is 29.9. The van der Waals surface area contributed by atoms with Gasteiger partial charge in [-0.1, -0.05) is 142 Å². The maximum absolute atomic E-state index is 2.62. The van der Waals surface area contributed by atoms with Crippen LogP contribution in [0, 0.1) is 0 Å². The van der Waals surface area contributed by atoms with E-state index < -0.39 is 0 Å². The van der Waals surface area contributed by atoms with Gasteiger partial charge in [0.15, 0.2) is 0 Å². The largest absolute Gasteiger partial charge is 0.309 e. The molecule has 0 N–H and O–H groups in total. The first-order chi connectivity index (χ1) is 25.5. The fraction of sp³-hybridized carbons (Fsp3) is 0.176. The lowest BCUT2D eigenvalue weighted by molar-refractivity contribution is 0.353. The Hall–Kier alpha value is -5.66. The Morgan fingerprint density at radius 3 is 1.85 bits per heavy atom. The van der Waals surface area contributed by atoms with E-state index in [2.05, 4.69) is 170 Å². The van der Waals surface area contributed by atoms with Gasteiger partial charge in [-0.15, -0.1) is 0 Å². The molecule has 3 aliphatic rings. The number of benzene rings is 7. The van der Waals surface area contributed by atoms with Crippen molar-refractivity contribution >= 4 is 21.8 Å². The lowest BCUT2D eigenvalue weighted by atomic mass is 9.67. The zero-order chi connectivity index (χ0) is 34.6. The summed E-state index contributed by atoms with van der Waals surface area (Å²) in [4.78, 5) is 0. The van der Waals surface area contributed by atoms with Crippen LogP contribution in [-0.4, -0.2) is 4.57 Å². The Balaban J connectivity index is 1.04. The lowest BCUT2D eigenvalue weighted by Crippen LogP contribution is -2.28. The highest BCUT2D eigenvalue weighted by Gasteiger charge is 2.46. The van der Waals surface area contributed by atoms with Crippen molar-refractivity contribution in [1.29, 1.82) is 0 Å². The molecule has 0 radical (unpaired) electrons. The van der Waals surface area contributed by atoms with Gasteiger partial charge in [0.25, 0.3) is 0 Å². The van der Waals surface area contributed by atoms with E-state index >= 15 is 0 Å². The Bertz CT molecular complexity index is 2720. The average molecular weight is 668 g/mol. The number of hydrogen-bond donors (Lipinski definition) is 0. The van der Waals surface area contributed by atoms with Crippen LogP contribution in [0.4, 0.5) is 0 Å². The molecule has 0 aliphatic heterocycles. The summed E-state index contributed by atoms with van der Waals surface area (Å²) in [5, 5.41) is 2.57. The second kappa shape index (κ2) is 10.9. The molecule has 0 unspecified atom stereocenters. The van der Waals surface area contributed by atoms with Gasteiger partial charge in [-0.3, -0.25) is 0 Å². The van der Waals surface area contributed by atoms with E-state index in [0.29, 0.717) is 0 Å². The Kier molecular flexibility index (Phi) is 6.30. The normalized spacial score (nSPS) is 16.2. The highest BCUT2D eigenvalue weighted by atomic mass is 15.0. The number of fused-ring (bicyclic) bond motifs is 11. The van der Waals surface area contributed by atoms with E-state index in [-0.39, 0.29) is 10.8 Å². The van der Waals surface area contributed by atoms with Crippen molar-refractivity contribution in [2.24, 2.45) is 0 Å². The third kappa shape index (κ3) is 4.11. The van der Waals surface area contributed by atoms with Gasteiger partial charge in [0.1, 0.15) is 0 Å². The van der Waals surface area contributed by atoms with Crippen molar-refractivity contribution in [3.8, 4) is 50.2 Å². The fourth-order valence-corrected chi connectivity index (χ4v) is 10.4. The molecule has 7 aromatic carbocycles. The van der Waals surface area contributed by atoms with Gasteiger partial charge in [0.2, 0.25) is 0 Å². The Labute approximate surface area is 306 Å². The summed E-state index contributed by atoms with van der Waals surface area (Å²) in [6, 6.07) is 57.3. The topological polar surface area (TPSA) is 4.93 Å². The van der Waals surface area contributed by atoms with Crippen LogP contribution in [0.25, 0.3) is 72.0 Å². The smallest absolute Gasteiger partial charge is 0.0547 e. The zero-order valence-electron chi connectivity index (χ0n) is 29.9. The van der Waals surface area contributed by atoms with Gasteiger partial charge in [0.05, 0.1) is 11.0 Å². The first-order valence-electron chi connectivity index (χ1n) is 19.1. The number of hydrogen-bond acceptors (Lipinski definition) is 0. The van der Waals surface area contributed by atoms with E-state index in [9.17, 15) is 0 Å². The standard InChI is InChI=1S/C51H41N/c1-50(2)45-29-35(21-25-39(45)42-32-47-43(31-46(42)50)38-15-7-9-17-44(38)51(47)27-11-4-12-28-51)36-22-26-41-40-16-8-10-18-48(40)52(49(41)30-36)37-23-19-34(20-24-37)33-13-5-3-6-14-33/h3,5-10,13-26,29-32H,4,11-12,27-28H2,1-2H3. The molecule has 1 heterocycles. The molecule has 1 saturated carbocycles. The predicted molar refractivity (Wildman–Crippen MR) is 219 cm³/mol. The molecule has 0 amide bonds. The lowest BCUT2D eigenvalue weighted by Gasteiger charge is -2.36. The maximum Gasteiger partial charge on any atom is 0.0547 e. The van der Waals surface area contributed by atoms with Crippen LogP contribution in [0.5, 0.6) is 0 Å². The van der Waals surface area contributed by atoms with Gasteiger partial charge in [0, 0.05) is 27.3 Å². The van der Waals surface area contributed by atoms with Crippen LogP contribution in [0.15, 0.2) is 152 Å². The van der Waals surface area contributed by atoms with E-state index in [1.165, 1.54) is 115 Å². The predicted octanol–water partition coefficient (Wildman–Crippen LogP) is 13.7. The molecule has 1 aromatic heterocycles. The monoisotopic (exact) mass is 667 g/mol. The fourth-order valence-electron chi connectivity index (χ4n) is 10.4. The molecule has 1 fully saturated rings. The molecule has 11 rings (SSSR count). The summed E-state index contributed by atoms with van der Waals surface area (Å²) in [5.41, 5.74) is 20.6. The van der Waals surface area contributed by atoms with Crippen molar-refractivity contribution in [3.63, 3.8) is 0 Å². The van der Waals surface area contributed by atoms with Gasteiger partial charge in [-0.2, -0.15) is 0 Å². The van der Waals surface area contributed by atoms with E-state index in [0.717, 1.165) is 0 Å². The first kappa shape index (κ1) is 30.0. The van der Waals surface area contributed by atoms with Crippen molar-refractivity contribution in [2.75, 3.05) is 0 Å². The van der Waals surface area contributed by atoms with Crippen molar-refractivity contribution in [2.45, 2.75) is 56.8 Å². The molecule has 0 saturated heterocycles. The second-order valence-corrected chi connectivity index (χ2v) is 16.0. The minimum Gasteiger partial charge on any atom is -0.309 e. The van der Waals surface area contributed by atoms with Crippen LogP contribution >= 0.6 is 0 Å². The molecular weight excluding hydrogens is 627 g/mol. The number of para-hydroxylation sites is 1. The molecule has 1 nitrogen and oxygen atoms in total. The number of aromatic nitrogens is 1. The maximum atomic E-state index is 2.62. The highest BCUT2D eigenvalue weighted by Crippen LogP contribution is 2.60. The van der Waals surface area contributed by atoms with Crippen LogP contribution in [-0.2, 0) is 10.8 Å². The Morgan fingerprint density at radius 1 is 0.404 bits per heavy atom. The third-order valence-corrected chi connectivity index (χ3v) is 13.0. The number of rotatable bonds is 3. The molecule has 8 aromatic rings. The number of nitrogens with zero attached hydrogens (tertiary/aromatic N) is 1. The van der Waals surface area contributed by atoms with Crippen LogP contribution in [0.1, 0.15) is 68.2 Å². The summed E-state index contributed by atoms with van der Waals surface area (Å²) >= 11 is 0. The minimum atomic E-state index is -0.0908. The van der Waals surface area contributed by atoms with Crippen molar-refractivity contribution in [3.05, 3.63) is 174 Å². The van der Waals surface area contributed by atoms with Gasteiger partial charge in [-0.05, 0) is 122 Å². The summed E-state index contributed by atoms with van der Waals surface area (Å²) in [7, 11) is 0. The molecular formula is C51H41N. The van der Waals surface area contributed by atoms with Gasteiger partial charge < -0.3 is 4.57 Å². The van der Waals surface area contributed by atoms with Crippen LogP contribution in [0.2, 0.25) is 0 Å². The van der Waals surface area contributed by atoms with Crippen molar-refractivity contribution < 1.29 is 0 Å². The van der Waals surface area contributed by atoms with Gasteiger partial charge >= 0.3 is 0 Å². The van der Waals surface area contributed by atoms with Crippen LogP contribution < -0.4 is 0 Å². The molecule has 0 bridgehead atoms. The summed E-state index contributed by atoms with van der Waals surface area (Å²) < 4.78 is 2.44. The third-order valence-electron chi connectivity index (χ3n) is 13.0. The Morgan fingerprint density at radius 2 is 1.00 bits per heavy atom. The van der Waals surface area contributed by atoms with Crippen molar-refractivity contribution in [1.82, 2.24) is 4.57 Å². The average Bonchev–Trinajstić information content (AvgIpc) is 3.75. The molecule has 1 spiro atoms. The van der Waals surface area contributed by atoms with Crippen LogP contribution in [0.3, 0.4) is 0 Å². The summed E-state index contributed by atoms with van der Waals surface area (Å²) in [6.07, 6.45) is 6.52. The molecule has 52 heavy (non-hydrogen) atoms. The molecule has 0 atom stereocenters. The minimum absolute atomic E-state index is 0.0908. The molecule has 3 aliphatic carbocycles. The second-order valence-electron chi connectivity index (χ2n) is 16.0. The highest BCUT2D eigenvalue weighted by molar-refractivity contribution is 6.10. The van der Waals surface area contributed by atoms with Gasteiger partial charge in [-0.25, -0.2) is 0 Å². The van der Waals surface area contributed by atoms with E-state index in [1.807, 2.05) is 0 Å². The van der Waals surface area contributed by atoms with E-state index in [1.54, 1.807) is 11.1 Å². The molecule has 250 valence electrons. The summed E-state index contributed by atoms with van der Waals surface area (Å²) in [6.45, 7) is 4.87. The quantitative estimate of drug-likeness (QED) is 0.177.